The Bertz CT molecular complexity index is 798. The van der Waals surface area contributed by atoms with Crippen molar-refractivity contribution in [2.24, 2.45) is 0 Å². The van der Waals surface area contributed by atoms with Crippen LogP contribution in [0.25, 0.3) is 10.9 Å². The van der Waals surface area contributed by atoms with Gasteiger partial charge in [-0.3, -0.25) is 9.78 Å². The Labute approximate surface area is 128 Å². The predicted octanol–water partition coefficient (Wildman–Crippen LogP) is 4.52. The van der Waals surface area contributed by atoms with Crippen LogP contribution in [-0.2, 0) is 0 Å². The zero-order valence-corrected chi connectivity index (χ0v) is 12.6. The van der Waals surface area contributed by atoms with Crippen LogP contribution >= 0.6 is 11.8 Å². The Morgan fingerprint density at radius 3 is 2.86 bits per heavy atom. The number of aromatic nitrogens is 1. The number of carbonyl (C=O) groups is 1. The van der Waals surface area contributed by atoms with Gasteiger partial charge in [0.15, 0.2) is 5.78 Å². The van der Waals surface area contributed by atoms with E-state index in [1.807, 2.05) is 42.5 Å². The number of nitrogens with zero attached hydrogens (tertiary/aromatic N) is 1. The van der Waals surface area contributed by atoms with Crippen LogP contribution in [0.2, 0.25) is 0 Å². The van der Waals surface area contributed by atoms with Crippen molar-refractivity contribution in [2.75, 3.05) is 5.75 Å². The molecule has 0 N–H and O–H groups in total. The molecule has 0 aliphatic carbocycles. The molecule has 1 heterocycles. The molecule has 0 bridgehead atoms. The smallest absolute Gasteiger partial charge is 0.173 e. The average Bonchev–Trinajstić information content (AvgIpc) is 2.52. The molecule has 0 radical (unpaired) electrons. The first-order valence-electron chi connectivity index (χ1n) is 6.80. The Hall–Kier alpha value is -2.13. The van der Waals surface area contributed by atoms with Gasteiger partial charge in [0.2, 0.25) is 0 Å². The second kappa shape index (κ2) is 6.10. The molecule has 3 aromatic rings. The van der Waals surface area contributed by atoms with Crippen molar-refractivity contribution in [1.29, 1.82) is 0 Å². The SMILES string of the molecule is Cc1cccc(SCC(=O)c2ccc3ncccc3c2)c1. The quantitative estimate of drug-likeness (QED) is 0.523. The molecule has 3 heteroatoms. The molecule has 0 aliphatic heterocycles. The van der Waals surface area contributed by atoms with E-state index in [-0.39, 0.29) is 5.78 Å². The molecule has 0 saturated heterocycles. The van der Waals surface area contributed by atoms with E-state index in [2.05, 4.69) is 24.0 Å². The third-order valence-corrected chi connectivity index (χ3v) is 4.28. The predicted molar refractivity (Wildman–Crippen MR) is 88.0 cm³/mol. The second-order valence-electron chi connectivity index (χ2n) is 4.94. The van der Waals surface area contributed by atoms with Crippen LogP contribution in [0.1, 0.15) is 15.9 Å². The first kappa shape index (κ1) is 13.8. The van der Waals surface area contributed by atoms with Crippen LogP contribution in [0.5, 0.6) is 0 Å². The van der Waals surface area contributed by atoms with E-state index >= 15 is 0 Å². The summed E-state index contributed by atoms with van der Waals surface area (Å²) >= 11 is 1.58. The molecular weight excluding hydrogens is 278 g/mol. The molecule has 21 heavy (non-hydrogen) atoms. The van der Waals surface area contributed by atoms with Gasteiger partial charge in [0, 0.05) is 22.0 Å². The van der Waals surface area contributed by atoms with Gasteiger partial charge in [0.1, 0.15) is 0 Å². The fourth-order valence-electron chi connectivity index (χ4n) is 2.19. The van der Waals surface area contributed by atoms with Crippen molar-refractivity contribution in [3.63, 3.8) is 0 Å². The number of benzene rings is 2. The molecule has 104 valence electrons. The zero-order chi connectivity index (χ0) is 14.7. The minimum absolute atomic E-state index is 0.146. The highest BCUT2D eigenvalue weighted by Crippen LogP contribution is 2.21. The summed E-state index contributed by atoms with van der Waals surface area (Å²) in [5.74, 6) is 0.599. The maximum absolute atomic E-state index is 12.3. The fourth-order valence-corrected chi connectivity index (χ4v) is 3.09. The minimum Gasteiger partial charge on any atom is -0.293 e. The molecule has 0 atom stereocenters. The summed E-state index contributed by atoms with van der Waals surface area (Å²) in [6.07, 6.45) is 1.76. The topological polar surface area (TPSA) is 30.0 Å². The molecule has 0 aliphatic rings. The van der Waals surface area contributed by atoms with E-state index in [0.717, 1.165) is 21.4 Å². The number of thioether (sulfide) groups is 1. The fraction of sp³-hybridized carbons (Fsp3) is 0.111. The summed E-state index contributed by atoms with van der Waals surface area (Å²) in [4.78, 5) is 17.7. The van der Waals surface area contributed by atoms with Crippen molar-refractivity contribution < 1.29 is 4.79 Å². The van der Waals surface area contributed by atoms with E-state index in [4.69, 9.17) is 0 Å². The van der Waals surface area contributed by atoms with Gasteiger partial charge in [-0.25, -0.2) is 0 Å². The van der Waals surface area contributed by atoms with Gasteiger partial charge in [-0.1, -0.05) is 23.8 Å². The van der Waals surface area contributed by atoms with Crippen molar-refractivity contribution in [3.05, 3.63) is 71.9 Å². The number of fused-ring (bicyclic) bond motifs is 1. The Morgan fingerprint density at radius 2 is 2.00 bits per heavy atom. The van der Waals surface area contributed by atoms with Crippen molar-refractivity contribution in [1.82, 2.24) is 4.98 Å². The molecule has 3 rings (SSSR count). The number of rotatable bonds is 4. The lowest BCUT2D eigenvalue weighted by Crippen LogP contribution is -2.02. The first-order valence-corrected chi connectivity index (χ1v) is 7.78. The standard InChI is InChI=1S/C18H15NOS/c1-13-4-2-6-16(10-13)21-12-18(20)15-7-8-17-14(11-15)5-3-9-19-17/h2-11H,12H2,1H3. The highest BCUT2D eigenvalue weighted by molar-refractivity contribution is 8.00. The molecule has 0 saturated carbocycles. The van der Waals surface area contributed by atoms with Gasteiger partial charge in [0.05, 0.1) is 11.3 Å². The first-order chi connectivity index (χ1) is 10.2. The number of hydrogen-bond acceptors (Lipinski definition) is 3. The van der Waals surface area contributed by atoms with Crippen molar-refractivity contribution in [2.45, 2.75) is 11.8 Å². The molecule has 0 spiro atoms. The zero-order valence-electron chi connectivity index (χ0n) is 11.7. The largest absolute Gasteiger partial charge is 0.293 e. The minimum atomic E-state index is 0.146. The lowest BCUT2D eigenvalue weighted by Gasteiger charge is -2.04. The van der Waals surface area contributed by atoms with Gasteiger partial charge in [0.25, 0.3) is 0 Å². The molecular formula is C18H15NOS. The summed E-state index contributed by atoms with van der Waals surface area (Å²) in [6.45, 7) is 2.06. The average molecular weight is 293 g/mol. The Kier molecular flexibility index (Phi) is 4.02. The summed E-state index contributed by atoms with van der Waals surface area (Å²) in [6, 6.07) is 17.8. The van der Waals surface area contributed by atoms with E-state index in [1.165, 1.54) is 5.56 Å². The summed E-state index contributed by atoms with van der Waals surface area (Å²) in [5.41, 5.74) is 2.88. The van der Waals surface area contributed by atoms with Gasteiger partial charge in [-0.05, 0) is 43.3 Å². The van der Waals surface area contributed by atoms with Crippen LogP contribution in [0.15, 0.2) is 65.7 Å². The summed E-state index contributed by atoms with van der Waals surface area (Å²) in [7, 11) is 0. The van der Waals surface area contributed by atoms with Gasteiger partial charge >= 0.3 is 0 Å². The maximum atomic E-state index is 12.3. The summed E-state index contributed by atoms with van der Waals surface area (Å²) < 4.78 is 0. The Morgan fingerprint density at radius 1 is 1.10 bits per heavy atom. The van der Waals surface area contributed by atoms with Gasteiger partial charge < -0.3 is 0 Å². The van der Waals surface area contributed by atoms with E-state index in [0.29, 0.717) is 5.75 Å². The van der Waals surface area contributed by atoms with Gasteiger partial charge in [-0.15, -0.1) is 11.8 Å². The Balaban J connectivity index is 1.74. The second-order valence-corrected chi connectivity index (χ2v) is 5.99. The number of hydrogen-bond donors (Lipinski definition) is 0. The number of Topliss-reactive ketones (excluding diaryl/α,β-unsaturated/α-hetero) is 1. The van der Waals surface area contributed by atoms with Crippen LogP contribution in [-0.4, -0.2) is 16.5 Å². The molecule has 0 fully saturated rings. The van der Waals surface area contributed by atoms with Gasteiger partial charge in [-0.2, -0.15) is 0 Å². The lowest BCUT2D eigenvalue weighted by atomic mass is 10.1. The normalized spacial score (nSPS) is 10.7. The highest BCUT2D eigenvalue weighted by atomic mass is 32.2. The van der Waals surface area contributed by atoms with E-state index < -0.39 is 0 Å². The number of aryl methyl sites for hydroxylation is 1. The number of ketones is 1. The third-order valence-electron chi connectivity index (χ3n) is 3.28. The van der Waals surface area contributed by atoms with E-state index in [9.17, 15) is 4.79 Å². The summed E-state index contributed by atoms with van der Waals surface area (Å²) in [5, 5.41) is 1.00. The van der Waals surface area contributed by atoms with Crippen LogP contribution in [0.4, 0.5) is 0 Å². The van der Waals surface area contributed by atoms with E-state index in [1.54, 1.807) is 18.0 Å². The molecule has 2 aromatic carbocycles. The third kappa shape index (κ3) is 3.31. The van der Waals surface area contributed by atoms with Crippen LogP contribution < -0.4 is 0 Å². The van der Waals surface area contributed by atoms with Crippen molar-refractivity contribution in [3.8, 4) is 0 Å². The number of carbonyl (C=O) groups excluding carboxylic acids is 1. The van der Waals surface area contributed by atoms with Crippen LogP contribution in [0.3, 0.4) is 0 Å². The molecule has 0 amide bonds. The van der Waals surface area contributed by atoms with Crippen molar-refractivity contribution >= 4 is 28.4 Å². The monoisotopic (exact) mass is 293 g/mol. The molecule has 2 nitrogen and oxygen atoms in total. The maximum Gasteiger partial charge on any atom is 0.173 e. The number of pyridine rings is 1. The molecule has 1 aromatic heterocycles. The highest BCUT2D eigenvalue weighted by Gasteiger charge is 2.08. The molecule has 0 unspecified atom stereocenters. The van der Waals surface area contributed by atoms with Crippen LogP contribution in [0, 0.1) is 6.92 Å². The lowest BCUT2D eigenvalue weighted by molar-refractivity contribution is 0.102.